The van der Waals surface area contributed by atoms with E-state index in [0.29, 0.717) is 11.8 Å². The van der Waals surface area contributed by atoms with Gasteiger partial charge < -0.3 is 0 Å². The van der Waals surface area contributed by atoms with Crippen LogP contribution in [0.2, 0.25) is 0 Å². The largest absolute Gasteiger partial charge is 0.228 e. The molecule has 0 aromatic carbocycles. The Hall–Kier alpha value is -0.0500. The Labute approximate surface area is 123 Å². The quantitative estimate of drug-likeness (QED) is 0.773. The summed E-state index contributed by atoms with van der Waals surface area (Å²) in [4.78, 5) is 0. The lowest BCUT2D eigenvalue weighted by Crippen LogP contribution is -2.59. The van der Waals surface area contributed by atoms with Crippen LogP contribution in [0.25, 0.3) is 0 Å². The normalized spacial score (nSPS) is 48.6. The molecule has 2 unspecified atom stereocenters. The van der Waals surface area contributed by atoms with Crippen molar-refractivity contribution in [2.45, 2.75) is 81.1 Å². The first kappa shape index (κ1) is 13.6. The second kappa shape index (κ2) is 4.47. The van der Waals surface area contributed by atoms with Crippen LogP contribution in [0.4, 0.5) is 0 Å². The summed E-state index contributed by atoms with van der Waals surface area (Å²) in [6.07, 6.45) is 11.0. The van der Waals surface area contributed by atoms with Gasteiger partial charge in [-0.3, -0.25) is 0 Å². The van der Waals surface area contributed by atoms with Crippen LogP contribution in [0.3, 0.4) is 0 Å². The van der Waals surface area contributed by atoms with E-state index in [0.717, 1.165) is 56.8 Å². The van der Waals surface area contributed by atoms with E-state index in [-0.39, 0.29) is 10.00 Å². The van der Waals surface area contributed by atoms with Crippen molar-refractivity contribution in [2.24, 2.45) is 23.7 Å². The number of sulfone groups is 1. The lowest BCUT2D eigenvalue weighted by molar-refractivity contribution is -0.0162. The van der Waals surface area contributed by atoms with Crippen molar-refractivity contribution in [2.75, 3.05) is 0 Å². The van der Waals surface area contributed by atoms with Crippen LogP contribution >= 0.6 is 0 Å². The summed E-state index contributed by atoms with van der Waals surface area (Å²) in [6.45, 7) is 2.38. The molecule has 3 heteroatoms. The van der Waals surface area contributed by atoms with E-state index in [1.807, 2.05) is 0 Å². The lowest BCUT2D eigenvalue weighted by atomic mass is 9.52. The van der Waals surface area contributed by atoms with Gasteiger partial charge in [0.25, 0.3) is 0 Å². The van der Waals surface area contributed by atoms with Crippen LogP contribution in [0.1, 0.15) is 71.1 Å². The molecule has 0 radical (unpaired) electrons. The maximum absolute atomic E-state index is 13.3. The summed E-state index contributed by atoms with van der Waals surface area (Å²) < 4.78 is 26.4. The van der Waals surface area contributed by atoms with Crippen LogP contribution < -0.4 is 0 Å². The average Bonchev–Trinajstić information content (AvgIpc) is 2.44. The van der Waals surface area contributed by atoms with Crippen LogP contribution in [0.5, 0.6) is 0 Å². The Morgan fingerprint density at radius 1 is 0.900 bits per heavy atom. The lowest BCUT2D eigenvalue weighted by Gasteiger charge is -2.59. The molecule has 0 N–H and O–H groups in total. The molecule has 0 aromatic rings. The third-order valence-corrected chi connectivity index (χ3v) is 10.3. The molecule has 5 saturated carbocycles. The smallest absolute Gasteiger partial charge is 0.158 e. The fourth-order valence-electron chi connectivity index (χ4n) is 6.28. The molecule has 114 valence electrons. The van der Waals surface area contributed by atoms with Gasteiger partial charge in [-0.1, -0.05) is 26.2 Å². The van der Waals surface area contributed by atoms with E-state index >= 15 is 0 Å². The monoisotopic (exact) mass is 296 g/mol. The van der Waals surface area contributed by atoms with E-state index in [1.165, 1.54) is 19.3 Å². The van der Waals surface area contributed by atoms with Gasteiger partial charge in [-0.25, -0.2) is 8.42 Å². The first-order chi connectivity index (χ1) is 9.52. The highest BCUT2D eigenvalue weighted by atomic mass is 32.2. The third-order valence-electron chi connectivity index (χ3n) is 7.28. The van der Waals surface area contributed by atoms with Crippen molar-refractivity contribution in [1.29, 1.82) is 0 Å². The molecule has 2 atom stereocenters. The van der Waals surface area contributed by atoms with E-state index in [2.05, 4.69) is 6.92 Å². The Balaban J connectivity index is 1.67. The third kappa shape index (κ3) is 1.77. The number of hydrogen-bond acceptors (Lipinski definition) is 2. The number of rotatable bonds is 2. The maximum atomic E-state index is 13.3. The van der Waals surface area contributed by atoms with Crippen LogP contribution in [-0.2, 0) is 9.84 Å². The molecule has 2 nitrogen and oxygen atoms in total. The summed E-state index contributed by atoms with van der Waals surface area (Å²) in [5, 5.41) is 0.00260. The first-order valence-corrected chi connectivity index (χ1v) is 10.3. The minimum absolute atomic E-state index is 0.00260. The Kier molecular flexibility index (Phi) is 3.04. The highest BCUT2D eigenvalue weighted by molar-refractivity contribution is 7.93. The Morgan fingerprint density at radius 3 is 2.10 bits per heavy atom. The Morgan fingerprint density at radius 2 is 1.50 bits per heavy atom. The molecule has 5 aliphatic rings. The molecule has 0 aliphatic heterocycles. The van der Waals surface area contributed by atoms with Crippen molar-refractivity contribution in [1.82, 2.24) is 0 Å². The predicted molar refractivity (Wildman–Crippen MR) is 81.2 cm³/mol. The molecule has 20 heavy (non-hydrogen) atoms. The van der Waals surface area contributed by atoms with Gasteiger partial charge in [0.2, 0.25) is 0 Å². The molecular formula is C17H28O2S. The standard InChI is InChI=1S/C17H28O2S/c1-12-14-7-13-8-15(12)11-17(9-13,10-14)20(18,19)16-5-3-2-4-6-16/h12-16H,2-11H2,1H3. The molecule has 5 aliphatic carbocycles. The van der Waals surface area contributed by atoms with Crippen molar-refractivity contribution in [3.05, 3.63) is 0 Å². The van der Waals surface area contributed by atoms with Gasteiger partial charge in [-0.2, -0.15) is 0 Å². The van der Waals surface area contributed by atoms with Crippen molar-refractivity contribution in [3.8, 4) is 0 Å². The zero-order valence-corrected chi connectivity index (χ0v) is 13.5. The van der Waals surface area contributed by atoms with Crippen molar-refractivity contribution in [3.63, 3.8) is 0 Å². The summed E-state index contributed by atoms with van der Waals surface area (Å²) in [6, 6.07) is 0. The first-order valence-electron chi connectivity index (χ1n) is 8.75. The van der Waals surface area contributed by atoms with E-state index < -0.39 is 9.84 Å². The van der Waals surface area contributed by atoms with Gasteiger partial charge in [-0.15, -0.1) is 0 Å². The highest BCUT2D eigenvalue weighted by Crippen LogP contribution is 2.61. The van der Waals surface area contributed by atoms with Gasteiger partial charge in [-0.05, 0) is 68.6 Å². The molecule has 4 bridgehead atoms. The SMILES string of the molecule is CC1C2CC3CC1CC(S(=O)(=O)C1CCCCC1)(C3)C2. The summed E-state index contributed by atoms with van der Waals surface area (Å²) in [5.41, 5.74) is 0. The van der Waals surface area contributed by atoms with Crippen molar-refractivity contribution < 1.29 is 8.42 Å². The zero-order chi connectivity index (χ0) is 14.0. The van der Waals surface area contributed by atoms with Gasteiger partial charge >= 0.3 is 0 Å². The molecule has 0 heterocycles. The Bertz CT molecular complexity index is 473. The van der Waals surface area contributed by atoms with Gasteiger partial charge in [0.05, 0.1) is 10.00 Å². The highest BCUT2D eigenvalue weighted by Gasteiger charge is 2.60. The average molecular weight is 296 g/mol. The number of hydrogen-bond donors (Lipinski definition) is 0. The summed E-state index contributed by atoms with van der Waals surface area (Å²) in [5.74, 6) is 2.92. The molecule has 5 fully saturated rings. The van der Waals surface area contributed by atoms with Gasteiger partial charge in [0, 0.05) is 0 Å². The fourth-order valence-corrected chi connectivity index (χ4v) is 9.30. The minimum atomic E-state index is -2.90. The minimum Gasteiger partial charge on any atom is -0.228 e. The zero-order valence-electron chi connectivity index (χ0n) is 12.7. The molecule has 5 rings (SSSR count). The maximum Gasteiger partial charge on any atom is 0.158 e. The van der Waals surface area contributed by atoms with Gasteiger partial charge in [0.15, 0.2) is 9.84 Å². The van der Waals surface area contributed by atoms with E-state index in [4.69, 9.17) is 0 Å². The van der Waals surface area contributed by atoms with E-state index in [1.54, 1.807) is 0 Å². The molecule has 0 amide bonds. The van der Waals surface area contributed by atoms with Crippen LogP contribution in [-0.4, -0.2) is 18.4 Å². The van der Waals surface area contributed by atoms with Crippen LogP contribution in [0, 0.1) is 23.7 Å². The van der Waals surface area contributed by atoms with E-state index in [9.17, 15) is 8.42 Å². The predicted octanol–water partition coefficient (Wildman–Crippen LogP) is 3.95. The summed E-state index contributed by atoms with van der Waals surface area (Å²) >= 11 is 0. The van der Waals surface area contributed by atoms with Crippen LogP contribution in [0.15, 0.2) is 0 Å². The second-order valence-electron chi connectivity index (χ2n) is 8.32. The van der Waals surface area contributed by atoms with Crippen molar-refractivity contribution >= 4 is 9.84 Å². The van der Waals surface area contributed by atoms with Gasteiger partial charge in [0.1, 0.15) is 0 Å². The molecule has 0 aromatic heterocycles. The second-order valence-corrected chi connectivity index (χ2v) is 10.9. The fraction of sp³-hybridized carbons (Fsp3) is 1.00. The summed E-state index contributed by atoms with van der Waals surface area (Å²) in [7, 11) is -2.90. The topological polar surface area (TPSA) is 34.1 Å². The molecule has 0 spiro atoms. The molecule has 0 saturated heterocycles. The molecular weight excluding hydrogens is 268 g/mol.